The van der Waals surface area contributed by atoms with E-state index in [1.165, 1.54) is 5.56 Å². The van der Waals surface area contributed by atoms with Gasteiger partial charge >= 0.3 is 0 Å². The highest BCUT2D eigenvalue weighted by molar-refractivity contribution is 6.30. The van der Waals surface area contributed by atoms with Crippen molar-refractivity contribution in [1.29, 1.82) is 0 Å². The van der Waals surface area contributed by atoms with Gasteiger partial charge in [0, 0.05) is 23.3 Å². The zero-order valence-corrected chi connectivity index (χ0v) is 12.3. The monoisotopic (exact) mass is 290 g/mol. The molecule has 0 saturated carbocycles. The molecule has 0 unspecified atom stereocenters. The SMILES string of the molecule is CCCOc1cc(NCc2ccc(Cl)cc2)ccc1N. The van der Waals surface area contributed by atoms with Crippen LogP contribution in [-0.2, 0) is 6.54 Å². The van der Waals surface area contributed by atoms with Crippen molar-refractivity contribution < 1.29 is 4.74 Å². The van der Waals surface area contributed by atoms with Crippen LogP contribution in [0.2, 0.25) is 5.02 Å². The van der Waals surface area contributed by atoms with Gasteiger partial charge in [-0.3, -0.25) is 0 Å². The summed E-state index contributed by atoms with van der Waals surface area (Å²) in [6.45, 7) is 3.47. The molecule has 0 aliphatic heterocycles. The van der Waals surface area contributed by atoms with Crippen LogP contribution >= 0.6 is 11.6 Å². The molecule has 0 amide bonds. The number of nitrogens with one attached hydrogen (secondary N) is 1. The molecule has 20 heavy (non-hydrogen) atoms. The standard InChI is InChI=1S/C16H19ClN2O/c1-2-9-20-16-10-14(7-8-15(16)18)19-11-12-3-5-13(17)6-4-12/h3-8,10,19H,2,9,11,18H2,1H3. The first kappa shape index (κ1) is 14.5. The summed E-state index contributed by atoms with van der Waals surface area (Å²) in [6.07, 6.45) is 0.960. The zero-order chi connectivity index (χ0) is 14.4. The average Bonchev–Trinajstić information content (AvgIpc) is 2.46. The summed E-state index contributed by atoms with van der Waals surface area (Å²) in [4.78, 5) is 0. The molecule has 4 heteroatoms. The van der Waals surface area contributed by atoms with E-state index in [2.05, 4.69) is 12.2 Å². The fraction of sp³-hybridized carbons (Fsp3) is 0.250. The Hall–Kier alpha value is -1.87. The van der Waals surface area contributed by atoms with Crippen LogP contribution in [0.3, 0.4) is 0 Å². The topological polar surface area (TPSA) is 47.3 Å². The highest BCUT2D eigenvalue weighted by atomic mass is 35.5. The summed E-state index contributed by atoms with van der Waals surface area (Å²) in [7, 11) is 0. The minimum atomic E-state index is 0.662. The van der Waals surface area contributed by atoms with Crippen LogP contribution in [0.4, 0.5) is 11.4 Å². The van der Waals surface area contributed by atoms with Crippen molar-refractivity contribution in [2.75, 3.05) is 17.7 Å². The number of halogens is 1. The minimum Gasteiger partial charge on any atom is -0.491 e. The highest BCUT2D eigenvalue weighted by Crippen LogP contribution is 2.26. The van der Waals surface area contributed by atoms with Gasteiger partial charge in [-0.1, -0.05) is 30.7 Å². The van der Waals surface area contributed by atoms with Crippen molar-refractivity contribution in [3.8, 4) is 5.75 Å². The third kappa shape index (κ3) is 4.07. The van der Waals surface area contributed by atoms with E-state index < -0.39 is 0 Å². The van der Waals surface area contributed by atoms with E-state index in [9.17, 15) is 0 Å². The molecular formula is C16H19ClN2O. The summed E-state index contributed by atoms with van der Waals surface area (Å²) in [5.74, 6) is 0.730. The maximum atomic E-state index is 5.89. The van der Waals surface area contributed by atoms with Gasteiger partial charge in [0.25, 0.3) is 0 Å². The Morgan fingerprint density at radius 1 is 1.15 bits per heavy atom. The smallest absolute Gasteiger partial charge is 0.144 e. The Balaban J connectivity index is 2.00. The van der Waals surface area contributed by atoms with E-state index in [4.69, 9.17) is 22.1 Å². The lowest BCUT2D eigenvalue weighted by molar-refractivity contribution is 0.319. The number of rotatable bonds is 6. The number of nitrogen functional groups attached to an aromatic ring is 1. The predicted molar refractivity (Wildman–Crippen MR) is 85.4 cm³/mol. The molecule has 0 bridgehead atoms. The van der Waals surface area contributed by atoms with E-state index >= 15 is 0 Å². The zero-order valence-electron chi connectivity index (χ0n) is 11.5. The Bertz CT molecular complexity index is 555. The largest absolute Gasteiger partial charge is 0.491 e. The van der Waals surface area contributed by atoms with Gasteiger partial charge in [0.05, 0.1) is 12.3 Å². The lowest BCUT2D eigenvalue weighted by atomic mass is 10.2. The first-order chi connectivity index (χ1) is 9.69. The second-order valence-electron chi connectivity index (χ2n) is 4.58. The molecular weight excluding hydrogens is 272 g/mol. The van der Waals surface area contributed by atoms with Gasteiger partial charge in [0.15, 0.2) is 0 Å². The Morgan fingerprint density at radius 3 is 2.60 bits per heavy atom. The van der Waals surface area contributed by atoms with Crippen molar-refractivity contribution in [3.63, 3.8) is 0 Å². The quantitative estimate of drug-likeness (QED) is 0.779. The number of benzene rings is 2. The van der Waals surface area contributed by atoms with Crippen molar-refractivity contribution in [3.05, 3.63) is 53.1 Å². The molecule has 0 spiro atoms. The number of nitrogens with two attached hydrogens (primary N) is 1. The van der Waals surface area contributed by atoms with Crippen LogP contribution in [0, 0.1) is 0 Å². The third-order valence-corrected chi connectivity index (χ3v) is 3.14. The number of hydrogen-bond acceptors (Lipinski definition) is 3. The van der Waals surface area contributed by atoms with Gasteiger partial charge in [0.1, 0.15) is 5.75 Å². The molecule has 0 fully saturated rings. The summed E-state index contributed by atoms with van der Waals surface area (Å²) < 4.78 is 5.61. The molecule has 0 heterocycles. The van der Waals surface area contributed by atoms with E-state index in [-0.39, 0.29) is 0 Å². The molecule has 0 aromatic heterocycles. The summed E-state index contributed by atoms with van der Waals surface area (Å²) in [5, 5.41) is 4.09. The van der Waals surface area contributed by atoms with Gasteiger partial charge in [-0.2, -0.15) is 0 Å². The van der Waals surface area contributed by atoms with Crippen LogP contribution in [0.15, 0.2) is 42.5 Å². The molecule has 2 aromatic carbocycles. The maximum absolute atomic E-state index is 5.89. The molecule has 2 aromatic rings. The van der Waals surface area contributed by atoms with Crippen LogP contribution in [0.25, 0.3) is 0 Å². The highest BCUT2D eigenvalue weighted by Gasteiger charge is 2.02. The lowest BCUT2D eigenvalue weighted by Crippen LogP contribution is -2.02. The van der Waals surface area contributed by atoms with Crippen molar-refractivity contribution in [1.82, 2.24) is 0 Å². The van der Waals surface area contributed by atoms with Crippen molar-refractivity contribution >= 4 is 23.0 Å². The van der Waals surface area contributed by atoms with E-state index in [0.29, 0.717) is 12.3 Å². The molecule has 3 nitrogen and oxygen atoms in total. The lowest BCUT2D eigenvalue weighted by Gasteiger charge is -2.11. The molecule has 106 valence electrons. The fourth-order valence-electron chi connectivity index (χ4n) is 1.79. The second-order valence-corrected chi connectivity index (χ2v) is 5.02. The van der Waals surface area contributed by atoms with Gasteiger partial charge in [-0.15, -0.1) is 0 Å². The van der Waals surface area contributed by atoms with Gasteiger partial charge in [-0.05, 0) is 36.2 Å². The first-order valence-corrected chi connectivity index (χ1v) is 7.07. The molecule has 0 aliphatic carbocycles. The van der Waals surface area contributed by atoms with Gasteiger partial charge < -0.3 is 15.8 Å². The predicted octanol–water partition coefficient (Wildman–Crippen LogP) is 4.32. The Morgan fingerprint density at radius 2 is 1.90 bits per heavy atom. The maximum Gasteiger partial charge on any atom is 0.144 e. The van der Waals surface area contributed by atoms with Crippen molar-refractivity contribution in [2.45, 2.75) is 19.9 Å². The molecule has 2 rings (SSSR count). The summed E-state index contributed by atoms with van der Waals surface area (Å²) >= 11 is 5.86. The number of hydrogen-bond donors (Lipinski definition) is 2. The average molecular weight is 291 g/mol. The van der Waals surface area contributed by atoms with Crippen molar-refractivity contribution in [2.24, 2.45) is 0 Å². The normalized spacial score (nSPS) is 10.3. The molecule has 3 N–H and O–H groups in total. The molecule has 0 atom stereocenters. The summed E-state index contributed by atoms with van der Waals surface area (Å²) in [6, 6.07) is 13.5. The van der Waals surface area contributed by atoms with E-state index in [0.717, 1.165) is 29.4 Å². The van der Waals surface area contributed by atoms with Crippen LogP contribution in [0.5, 0.6) is 5.75 Å². The molecule has 0 aliphatic rings. The van der Waals surface area contributed by atoms with E-state index in [1.807, 2.05) is 42.5 Å². The van der Waals surface area contributed by atoms with Crippen LogP contribution in [0.1, 0.15) is 18.9 Å². The Kier molecular flexibility index (Phi) is 5.13. The molecule has 0 saturated heterocycles. The van der Waals surface area contributed by atoms with Crippen LogP contribution in [-0.4, -0.2) is 6.61 Å². The first-order valence-electron chi connectivity index (χ1n) is 6.69. The second kappa shape index (κ2) is 7.06. The number of anilines is 2. The summed E-state index contributed by atoms with van der Waals surface area (Å²) in [5.41, 5.74) is 8.70. The van der Waals surface area contributed by atoms with Gasteiger partial charge in [-0.25, -0.2) is 0 Å². The molecule has 0 radical (unpaired) electrons. The fourth-order valence-corrected chi connectivity index (χ4v) is 1.91. The van der Waals surface area contributed by atoms with Gasteiger partial charge in [0.2, 0.25) is 0 Å². The Labute approximate surface area is 124 Å². The minimum absolute atomic E-state index is 0.662. The van der Waals surface area contributed by atoms with Crippen LogP contribution < -0.4 is 15.8 Å². The third-order valence-electron chi connectivity index (χ3n) is 2.89. The number of ether oxygens (including phenoxy) is 1. The van der Waals surface area contributed by atoms with E-state index in [1.54, 1.807) is 0 Å².